The molecule has 0 bridgehead atoms. The van der Waals surface area contributed by atoms with Crippen LogP contribution in [0.3, 0.4) is 0 Å². The van der Waals surface area contributed by atoms with E-state index in [-0.39, 0.29) is 48.3 Å². The molecule has 272 valence electrons. The molecule has 1 saturated carbocycles. The second-order valence-corrected chi connectivity index (χ2v) is 16.9. The lowest BCUT2D eigenvalue weighted by atomic mass is 9.85. The smallest absolute Gasteiger partial charge is 0.243 e. The Bertz CT molecular complexity index is 1690. The minimum Gasteiger partial charge on any atom is -0.497 e. The molecular formula is C39H54N4O6S. The average molecular weight is 707 g/mol. The number of hydrogen-bond donors (Lipinski definition) is 4. The van der Waals surface area contributed by atoms with Crippen molar-refractivity contribution in [3.8, 4) is 5.75 Å². The third kappa shape index (κ3) is 10.4. The fourth-order valence-electron chi connectivity index (χ4n) is 6.04. The number of rotatable bonds is 17. The monoisotopic (exact) mass is 706 g/mol. The zero-order chi connectivity index (χ0) is 36.7. The number of carbonyl (C=O) groups excluding carboxylic acids is 2. The lowest BCUT2D eigenvalue weighted by Gasteiger charge is -2.34. The SMILES string of the molecule is COc1cccc(C2(NCC(=O)N[C@H](C(=O)N[C@@H](Cc3ccccc3)[C@H](O)CN(CC(C)C)S(=O)(=O)c3ccc(C)cc3)C(C)(C)C)CC2)c1. The molecule has 1 aliphatic carbocycles. The molecule has 0 radical (unpaired) electrons. The molecule has 0 spiro atoms. The van der Waals surface area contributed by atoms with Gasteiger partial charge in [0, 0.05) is 18.6 Å². The highest BCUT2D eigenvalue weighted by molar-refractivity contribution is 7.89. The van der Waals surface area contributed by atoms with Crippen molar-refractivity contribution in [3.63, 3.8) is 0 Å². The van der Waals surface area contributed by atoms with Gasteiger partial charge >= 0.3 is 0 Å². The number of hydrogen-bond acceptors (Lipinski definition) is 7. The Morgan fingerprint density at radius 2 is 1.60 bits per heavy atom. The second kappa shape index (κ2) is 16.5. The van der Waals surface area contributed by atoms with Crippen molar-refractivity contribution in [2.45, 2.75) is 89.4 Å². The summed E-state index contributed by atoms with van der Waals surface area (Å²) in [6.45, 7) is 11.3. The molecule has 0 saturated heterocycles. The highest BCUT2D eigenvalue weighted by Gasteiger charge is 2.45. The molecule has 2 amide bonds. The predicted molar refractivity (Wildman–Crippen MR) is 196 cm³/mol. The van der Waals surface area contributed by atoms with Gasteiger partial charge in [0.2, 0.25) is 21.8 Å². The third-order valence-corrected chi connectivity index (χ3v) is 10.9. The van der Waals surface area contributed by atoms with Crippen LogP contribution in [0.2, 0.25) is 0 Å². The summed E-state index contributed by atoms with van der Waals surface area (Å²) in [6, 6.07) is 22.0. The van der Waals surface area contributed by atoms with Crippen molar-refractivity contribution in [1.29, 1.82) is 0 Å². The van der Waals surface area contributed by atoms with Gasteiger partial charge in [0.05, 0.1) is 30.7 Å². The van der Waals surface area contributed by atoms with E-state index in [4.69, 9.17) is 4.74 Å². The van der Waals surface area contributed by atoms with Crippen LogP contribution in [0.5, 0.6) is 5.75 Å². The number of aryl methyl sites for hydroxylation is 1. The fourth-order valence-corrected chi connectivity index (χ4v) is 7.66. The zero-order valence-electron chi connectivity index (χ0n) is 30.4. The summed E-state index contributed by atoms with van der Waals surface area (Å²) in [5.74, 6) is -0.0625. The van der Waals surface area contributed by atoms with E-state index in [2.05, 4.69) is 16.0 Å². The molecule has 0 heterocycles. The van der Waals surface area contributed by atoms with Gasteiger partial charge in [0.25, 0.3) is 0 Å². The van der Waals surface area contributed by atoms with Gasteiger partial charge in [-0.3, -0.25) is 14.9 Å². The Balaban J connectivity index is 1.52. The van der Waals surface area contributed by atoms with E-state index >= 15 is 0 Å². The number of nitrogens with zero attached hydrogens (tertiary/aromatic N) is 1. The van der Waals surface area contributed by atoms with Crippen LogP contribution in [0.25, 0.3) is 0 Å². The van der Waals surface area contributed by atoms with Gasteiger partial charge in [0.1, 0.15) is 11.8 Å². The molecule has 0 unspecified atom stereocenters. The van der Waals surface area contributed by atoms with Crippen LogP contribution in [-0.4, -0.2) is 74.6 Å². The number of sulfonamides is 1. The number of amides is 2. The number of aliphatic hydroxyl groups excluding tert-OH is 1. The van der Waals surface area contributed by atoms with Gasteiger partial charge in [-0.05, 0) is 72.9 Å². The fraction of sp³-hybridized carbons (Fsp3) is 0.487. The first-order valence-electron chi connectivity index (χ1n) is 17.3. The Labute approximate surface area is 298 Å². The summed E-state index contributed by atoms with van der Waals surface area (Å²) in [5, 5.41) is 21.0. The Kier molecular flexibility index (Phi) is 12.9. The van der Waals surface area contributed by atoms with E-state index in [9.17, 15) is 23.1 Å². The number of ether oxygens (including phenoxy) is 1. The predicted octanol–water partition coefficient (Wildman–Crippen LogP) is 4.55. The Morgan fingerprint density at radius 1 is 0.940 bits per heavy atom. The van der Waals surface area contributed by atoms with Gasteiger partial charge in [0.15, 0.2) is 0 Å². The number of carbonyl (C=O) groups is 2. The molecule has 4 N–H and O–H groups in total. The summed E-state index contributed by atoms with van der Waals surface area (Å²) in [6.07, 6.45) is 0.754. The molecule has 10 nitrogen and oxygen atoms in total. The molecule has 4 rings (SSSR count). The maximum absolute atomic E-state index is 14.0. The highest BCUT2D eigenvalue weighted by Crippen LogP contribution is 2.46. The Morgan fingerprint density at radius 3 is 2.18 bits per heavy atom. The number of nitrogens with one attached hydrogen (secondary N) is 3. The molecule has 50 heavy (non-hydrogen) atoms. The maximum Gasteiger partial charge on any atom is 0.243 e. The first-order valence-corrected chi connectivity index (χ1v) is 18.8. The molecule has 3 aromatic rings. The standard InChI is InChI=1S/C39H54N4O6S/c1-27(2)25-43(50(47,48)32-18-16-28(3)17-19-32)26-34(44)33(22-29-12-9-8-10-13-29)41-37(46)36(38(4,5)6)42-35(45)24-40-39(20-21-39)30-14-11-15-31(23-30)49-7/h8-19,23,27,33-34,36,40,44H,20-22,24-26H2,1-7H3,(H,41,46)(H,42,45)/t33-,34+,36+/m0/s1. The molecule has 1 fully saturated rings. The average Bonchev–Trinajstić information content (AvgIpc) is 3.87. The molecule has 3 aromatic carbocycles. The van der Waals surface area contributed by atoms with Crippen LogP contribution in [0.15, 0.2) is 83.8 Å². The zero-order valence-corrected chi connectivity index (χ0v) is 31.2. The summed E-state index contributed by atoms with van der Waals surface area (Å²) >= 11 is 0. The summed E-state index contributed by atoms with van der Waals surface area (Å²) in [4.78, 5) is 27.5. The molecule has 11 heteroatoms. The third-order valence-electron chi connectivity index (χ3n) is 9.10. The molecule has 0 aliphatic heterocycles. The first-order chi connectivity index (χ1) is 23.5. The van der Waals surface area contributed by atoms with Crippen LogP contribution in [0.1, 0.15) is 64.2 Å². The summed E-state index contributed by atoms with van der Waals surface area (Å²) < 4.78 is 34.3. The van der Waals surface area contributed by atoms with Crippen molar-refractivity contribution in [2.24, 2.45) is 11.3 Å². The maximum atomic E-state index is 14.0. The largest absolute Gasteiger partial charge is 0.497 e. The van der Waals surface area contributed by atoms with Crippen molar-refractivity contribution in [2.75, 3.05) is 26.7 Å². The minimum absolute atomic E-state index is 0.00811. The van der Waals surface area contributed by atoms with E-state index in [1.54, 1.807) is 31.4 Å². The molecule has 3 atom stereocenters. The van der Waals surface area contributed by atoms with Gasteiger partial charge < -0.3 is 20.5 Å². The van der Waals surface area contributed by atoms with Gasteiger partial charge in [-0.15, -0.1) is 0 Å². The van der Waals surface area contributed by atoms with Crippen molar-refractivity contribution < 1.29 is 27.9 Å². The second-order valence-electron chi connectivity index (χ2n) is 14.9. The van der Waals surface area contributed by atoms with Crippen LogP contribution in [-0.2, 0) is 31.6 Å². The lowest BCUT2D eigenvalue weighted by Crippen LogP contribution is -2.59. The van der Waals surface area contributed by atoms with Crippen LogP contribution < -0.4 is 20.7 Å². The van der Waals surface area contributed by atoms with E-state index < -0.39 is 39.5 Å². The van der Waals surface area contributed by atoms with E-state index in [1.807, 2.05) is 96.1 Å². The van der Waals surface area contributed by atoms with E-state index in [0.29, 0.717) is 0 Å². The quantitative estimate of drug-likeness (QED) is 0.162. The van der Waals surface area contributed by atoms with Gasteiger partial charge in [-0.1, -0.05) is 94.8 Å². The van der Waals surface area contributed by atoms with Crippen LogP contribution in [0.4, 0.5) is 0 Å². The Hall–Kier alpha value is -3.77. The summed E-state index contributed by atoms with van der Waals surface area (Å²) in [7, 11) is -2.33. The number of methoxy groups -OCH3 is 1. The summed E-state index contributed by atoms with van der Waals surface area (Å²) in [5.41, 5.74) is 1.84. The van der Waals surface area contributed by atoms with Gasteiger partial charge in [-0.25, -0.2) is 8.42 Å². The van der Waals surface area contributed by atoms with Crippen LogP contribution >= 0.6 is 0 Å². The first kappa shape index (κ1) is 39.0. The number of aliphatic hydroxyl groups is 1. The number of benzene rings is 3. The lowest BCUT2D eigenvalue weighted by molar-refractivity contribution is -0.132. The minimum atomic E-state index is -3.95. The molecule has 0 aromatic heterocycles. The molecule has 1 aliphatic rings. The van der Waals surface area contributed by atoms with Crippen LogP contribution in [0, 0.1) is 18.3 Å². The van der Waals surface area contributed by atoms with Crippen molar-refractivity contribution >= 4 is 21.8 Å². The topological polar surface area (TPSA) is 137 Å². The molecular weight excluding hydrogens is 653 g/mol. The van der Waals surface area contributed by atoms with Crippen molar-refractivity contribution in [3.05, 3.63) is 95.6 Å². The highest BCUT2D eigenvalue weighted by atomic mass is 32.2. The normalized spacial score (nSPS) is 16.0. The van der Waals surface area contributed by atoms with Gasteiger partial charge in [-0.2, -0.15) is 4.31 Å². The van der Waals surface area contributed by atoms with E-state index in [0.717, 1.165) is 35.3 Å². The van der Waals surface area contributed by atoms with E-state index in [1.165, 1.54) is 4.31 Å². The van der Waals surface area contributed by atoms with Crippen molar-refractivity contribution in [1.82, 2.24) is 20.3 Å².